The van der Waals surface area contributed by atoms with E-state index in [4.69, 9.17) is 0 Å². The molecule has 0 bridgehead atoms. The number of thiophene rings is 1. The van der Waals surface area contributed by atoms with Crippen LogP contribution in [-0.4, -0.2) is 23.1 Å². The van der Waals surface area contributed by atoms with Gasteiger partial charge in [0, 0.05) is 28.9 Å². The summed E-state index contributed by atoms with van der Waals surface area (Å²) in [6, 6.07) is 11.6. The van der Waals surface area contributed by atoms with E-state index in [1.165, 1.54) is 11.1 Å². The molecule has 5 heteroatoms. The Morgan fingerprint density at radius 2 is 2.00 bits per heavy atom. The minimum absolute atomic E-state index is 0.235. The summed E-state index contributed by atoms with van der Waals surface area (Å²) in [7, 11) is 1.97. The summed E-state index contributed by atoms with van der Waals surface area (Å²) in [6.45, 7) is 0.751. The third-order valence-electron chi connectivity index (χ3n) is 3.34. The highest BCUT2D eigenvalue weighted by Gasteiger charge is 2.14. The van der Waals surface area contributed by atoms with Gasteiger partial charge in [-0.25, -0.2) is 9.78 Å². The van der Waals surface area contributed by atoms with E-state index >= 15 is 0 Å². The van der Waals surface area contributed by atoms with Crippen LogP contribution in [0.5, 0.6) is 0 Å². The van der Waals surface area contributed by atoms with Crippen LogP contribution >= 0.6 is 11.3 Å². The van der Waals surface area contributed by atoms with Gasteiger partial charge >= 0.3 is 5.97 Å². The van der Waals surface area contributed by atoms with E-state index in [1.807, 2.05) is 47.7 Å². The zero-order chi connectivity index (χ0) is 14.8. The Bertz CT molecular complexity index is 784. The summed E-state index contributed by atoms with van der Waals surface area (Å²) >= 11 is 1.70. The number of anilines is 1. The van der Waals surface area contributed by atoms with Gasteiger partial charge in [0.05, 0.1) is 12.1 Å². The molecule has 2 heterocycles. The fourth-order valence-electron chi connectivity index (χ4n) is 2.36. The molecule has 2 aromatic heterocycles. The number of carbonyl (C=O) groups is 1. The second-order valence-electron chi connectivity index (χ2n) is 4.78. The van der Waals surface area contributed by atoms with Gasteiger partial charge in [0.25, 0.3) is 0 Å². The van der Waals surface area contributed by atoms with Crippen LogP contribution < -0.4 is 4.90 Å². The van der Waals surface area contributed by atoms with E-state index in [2.05, 4.69) is 11.1 Å². The predicted molar refractivity (Wildman–Crippen MR) is 85.1 cm³/mol. The standard InChI is InChI=1S/C16H14N2O2S/c1-18(10-11-5-4-8-21-11)15-13-7-3-2-6-12(13)14(9-17-15)16(19)20/h2-9H,10H2,1H3,(H,19,20). The van der Waals surface area contributed by atoms with Gasteiger partial charge in [0.15, 0.2) is 0 Å². The lowest BCUT2D eigenvalue weighted by atomic mass is 10.1. The van der Waals surface area contributed by atoms with Crippen LogP contribution in [0, 0.1) is 0 Å². The Morgan fingerprint density at radius 3 is 2.67 bits per heavy atom. The number of rotatable bonds is 4. The summed E-state index contributed by atoms with van der Waals surface area (Å²) in [6.07, 6.45) is 1.44. The summed E-state index contributed by atoms with van der Waals surface area (Å²) in [5.41, 5.74) is 0.235. The van der Waals surface area contributed by atoms with Gasteiger partial charge in [-0.15, -0.1) is 11.3 Å². The molecule has 106 valence electrons. The lowest BCUT2D eigenvalue weighted by Gasteiger charge is -2.19. The number of hydrogen-bond donors (Lipinski definition) is 1. The monoisotopic (exact) mass is 298 g/mol. The van der Waals surface area contributed by atoms with Gasteiger partial charge in [-0.05, 0) is 11.4 Å². The number of fused-ring (bicyclic) bond motifs is 1. The van der Waals surface area contributed by atoms with Crippen molar-refractivity contribution in [3.05, 3.63) is 58.4 Å². The molecule has 0 atom stereocenters. The molecule has 0 spiro atoms. The van der Waals surface area contributed by atoms with Gasteiger partial charge in [-0.3, -0.25) is 0 Å². The number of benzene rings is 1. The van der Waals surface area contributed by atoms with Crippen LogP contribution in [0.4, 0.5) is 5.82 Å². The topological polar surface area (TPSA) is 53.4 Å². The molecule has 0 aliphatic rings. The van der Waals surface area contributed by atoms with E-state index in [9.17, 15) is 9.90 Å². The molecule has 0 saturated heterocycles. The van der Waals surface area contributed by atoms with Crippen molar-refractivity contribution in [2.75, 3.05) is 11.9 Å². The molecule has 3 rings (SSSR count). The van der Waals surface area contributed by atoms with E-state index < -0.39 is 5.97 Å². The average molecular weight is 298 g/mol. The smallest absolute Gasteiger partial charge is 0.337 e. The molecule has 0 saturated carbocycles. The van der Waals surface area contributed by atoms with Gasteiger partial charge in [-0.1, -0.05) is 30.3 Å². The molecule has 0 aliphatic heterocycles. The van der Waals surface area contributed by atoms with E-state index in [0.29, 0.717) is 5.39 Å². The van der Waals surface area contributed by atoms with Gasteiger partial charge in [-0.2, -0.15) is 0 Å². The molecule has 0 radical (unpaired) electrons. The maximum Gasteiger partial charge on any atom is 0.337 e. The third kappa shape index (κ3) is 2.60. The minimum atomic E-state index is -0.953. The molecule has 21 heavy (non-hydrogen) atoms. The van der Waals surface area contributed by atoms with Crippen molar-refractivity contribution in [2.24, 2.45) is 0 Å². The Hall–Kier alpha value is -2.40. The Kier molecular flexibility index (Phi) is 3.58. The van der Waals surface area contributed by atoms with Crippen LogP contribution in [0.2, 0.25) is 0 Å². The van der Waals surface area contributed by atoms with Gasteiger partial charge in [0.1, 0.15) is 5.82 Å². The minimum Gasteiger partial charge on any atom is -0.478 e. The molecule has 1 aromatic carbocycles. The Morgan fingerprint density at radius 1 is 1.24 bits per heavy atom. The van der Waals surface area contributed by atoms with Gasteiger partial charge < -0.3 is 10.0 Å². The molecule has 0 fully saturated rings. The number of nitrogens with zero attached hydrogens (tertiary/aromatic N) is 2. The summed E-state index contributed by atoms with van der Waals surface area (Å²) in [5.74, 6) is -0.157. The van der Waals surface area contributed by atoms with Crippen molar-refractivity contribution in [1.29, 1.82) is 0 Å². The first-order valence-corrected chi connectivity index (χ1v) is 7.39. The van der Waals surface area contributed by atoms with E-state index in [-0.39, 0.29) is 5.56 Å². The first-order chi connectivity index (χ1) is 10.2. The predicted octanol–water partition coefficient (Wildman–Crippen LogP) is 3.63. The van der Waals surface area contributed by atoms with Crippen molar-refractivity contribution in [3.63, 3.8) is 0 Å². The van der Waals surface area contributed by atoms with Crippen LogP contribution in [0.3, 0.4) is 0 Å². The molecule has 0 aliphatic carbocycles. The summed E-state index contributed by atoms with van der Waals surface area (Å²) < 4.78 is 0. The fraction of sp³-hybridized carbons (Fsp3) is 0.125. The van der Waals surface area contributed by atoms with Crippen LogP contribution in [0.25, 0.3) is 10.8 Å². The molecule has 0 amide bonds. The van der Waals surface area contributed by atoms with Crippen LogP contribution in [0.1, 0.15) is 15.2 Å². The summed E-state index contributed by atoms with van der Waals surface area (Å²) in [4.78, 5) is 18.9. The first-order valence-electron chi connectivity index (χ1n) is 6.51. The SMILES string of the molecule is CN(Cc1cccs1)c1ncc(C(=O)O)c2ccccc12. The second-order valence-corrected chi connectivity index (χ2v) is 5.81. The third-order valence-corrected chi connectivity index (χ3v) is 4.20. The number of hydrogen-bond acceptors (Lipinski definition) is 4. The largest absolute Gasteiger partial charge is 0.478 e. The zero-order valence-electron chi connectivity index (χ0n) is 11.5. The van der Waals surface area contributed by atoms with Crippen LogP contribution in [0.15, 0.2) is 48.0 Å². The van der Waals surface area contributed by atoms with Crippen molar-refractivity contribution in [1.82, 2.24) is 4.98 Å². The molecule has 0 unspecified atom stereocenters. The second kappa shape index (κ2) is 5.54. The highest BCUT2D eigenvalue weighted by atomic mass is 32.1. The number of pyridine rings is 1. The lowest BCUT2D eigenvalue weighted by Crippen LogP contribution is -2.18. The highest BCUT2D eigenvalue weighted by Crippen LogP contribution is 2.27. The highest BCUT2D eigenvalue weighted by molar-refractivity contribution is 7.09. The normalized spacial score (nSPS) is 10.7. The average Bonchev–Trinajstić information content (AvgIpc) is 2.98. The molecular formula is C16H14N2O2S. The first kappa shape index (κ1) is 13.6. The molecular weight excluding hydrogens is 284 g/mol. The number of carboxylic acids is 1. The number of aromatic carboxylic acids is 1. The van der Waals surface area contributed by atoms with Crippen molar-refractivity contribution in [3.8, 4) is 0 Å². The van der Waals surface area contributed by atoms with Crippen LogP contribution in [-0.2, 0) is 6.54 Å². The Labute approximate surface area is 126 Å². The summed E-state index contributed by atoms with van der Waals surface area (Å²) in [5, 5.41) is 12.9. The number of carboxylic acid groups (broad SMARTS) is 1. The maximum atomic E-state index is 11.3. The Balaban J connectivity index is 2.07. The molecule has 4 nitrogen and oxygen atoms in total. The molecule has 1 N–H and O–H groups in total. The number of aromatic nitrogens is 1. The fourth-order valence-corrected chi connectivity index (χ4v) is 3.12. The van der Waals surface area contributed by atoms with Crippen molar-refractivity contribution >= 4 is 33.9 Å². The van der Waals surface area contributed by atoms with E-state index in [1.54, 1.807) is 11.3 Å². The zero-order valence-corrected chi connectivity index (χ0v) is 12.3. The quantitative estimate of drug-likeness (QED) is 0.799. The van der Waals surface area contributed by atoms with Gasteiger partial charge in [0.2, 0.25) is 0 Å². The van der Waals surface area contributed by atoms with E-state index in [0.717, 1.165) is 17.7 Å². The molecule has 3 aromatic rings. The van der Waals surface area contributed by atoms with Crippen molar-refractivity contribution in [2.45, 2.75) is 6.54 Å². The maximum absolute atomic E-state index is 11.3. The van der Waals surface area contributed by atoms with Crippen molar-refractivity contribution < 1.29 is 9.90 Å². The lowest BCUT2D eigenvalue weighted by molar-refractivity contribution is 0.0698.